The molecule has 0 saturated carbocycles. The van der Waals surface area contributed by atoms with Gasteiger partial charge in [0.1, 0.15) is 0 Å². The first kappa shape index (κ1) is 15.0. The van der Waals surface area contributed by atoms with Crippen LogP contribution in [-0.4, -0.2) is 41.7 Å². The molecule has 4 nitrogen and oxygen atoms in total. The summed E-state index contributed by atoms with van der Waals surface area (Å²) >= 11 is 0. The van der Waals surface area contributed by atoms with Crippen molar-refractivity contribution in [2.24, 2.45) is 0 Å². The summed E-state index contributed by atoms with van der Waals surface area (Å²) < 4.78 is 0. The number of likely N-dealkylation sites (tertiary alicyclic amines) is 1. The van der Waals surface area contributed by atoms with Gasteiger partial charge in [-0.3, -0.25) is 0 Å². The van der Waals surface area contributed by atoms with Crippen LogP contribution in [0.5, 0.6) is 0 Å². The first-order valence-corrected chi connectivity index (χ1v) is 7.47. The summed E-state index contributed by atoms with van der Waals surface area (Å²) in [4.78, 5) is 13.4. The number of hydrogen-bond donors (Lipinski definition) is 2. The molecule has 0 aliphatic carbocycles. The van der Waals surface area contributed by atoms with Crippen LogP contribution in [0.2, 0.25) is 0 Å². The largest absolute Gasteiger partial charge is 0.478 e. The van der Waals surface area contributed by atoms with Crippen molar-refractivity contribution >= 4 is 5.97 Å². The van der Waals surface area contributed by atoms with Crippen LogP contribution in [0.3, 0.4) is 0 Å². The van der Waals surface area contributed by atoms with Gasteiger partial charge in [0, 0.05) is 12.6 Å². The normalized spacial score (nSPS) is 17.2. The van der Waals surface area contributed by atoms with Crippen LogP contribution in [-0.2, 0) is 6.54 Å². The van der Waals surface area contributed by atoms with Crippen molar-refractivity contribution in [1.82, 2.24) is 10.2 Å². The fourth-order valence-corrected chi connectivity index (χ4v) is 2.75. The molecular weight excluding hydrogens is 252 g/mol. The Morgan fingerprint density at radius 2 is 2.15 bits per heavy atom. The highest BCUT2D eigenvalue weighted by atomic mass is 16.4. The molecule has 1 saturated heterocycles. The number of nitrogens with one attached hydrogen (secondary N) is 1. The third-order valence-electron chi connectivity index (χ3n) is 3.90. The van der Waals surface area contributed by atoms with E-state index >= 15 is 0 Å². The van der Waals surface area contributed by atoms with E-state index in [1.165, 1.54) is 38.9 Å². The van der Waals surface area contributed by atoms with E-state index in [2.05, 4.69) is 17.1 Å². The fourth-order valence-electron chi connectivity index (χ4n) is 2.75. The van der Waals surface area contributed by atoms with Gasteiger partial charge in [-0.25, -0.2) is 4.79 Å². The predicted octanol–water partition coefficient (Wildman–Crippen LogP) is 2.35. The highest BCUT2D eigenvalue weighted by Crippen LogP contribution is 2.12. The smallest absolute Gasteiger partial charge is 0.335 e. The van der Waals surface area contributed by atoms with Gasteiger partial charge in [-0.1, -0.05) is 19.1 Å². The van der Waals surface area contributed by atoms with Crippen LogP contribution in [0.4, 0.5) is 0 Å². The minimum Gasteiger partial charge on any atom is -0.478 e. The lowest BCUT2D eigenvalue weighted by atomic mass is 10.0. The van der Waals surface area contributed by atoms with E-state index < -0.39 is 5.97 Å². The molecule has 2 N–H and O–H groups in total. The Bertz CT molecular complexity index is 440. The van der Waals surface area contributed by atoms with Crippen LogP contribution in [0.25, 0.3) is 0 Å². The average Bonchev–Trinajstić information content (AvgIpc) is 2.47. The molecule has 1 aliphatic rings. The van der Waals surface area contributed by atoms with Crippen molar-refractivity contribution in [3.05, 3.63) is 35.4 Å². The number of piperidine rings is 1. The number of aromatic carboxylic acids is 1. The van der Waals surface area contributed by atoms with Gasteiger partial charge in [0.05, 0.1) is 5.56 Å². The van der Waals surface area contributed by atoms with E-state index in [-0.39, 0.29) is 0 Å². The average molecular weight is 276 g/mol. The van der Waals surface area contributed by atoms with Crippen molar-refractivity contribution in [2.75, 3.05) is 19.6 Å². The zero-order valence-corrected chi connectivity index (χ0v) is 12.1. The molecule has 4 heteroatoms. The van der Waals surface area contributed by atoms with E-state index in [4.69, 9.17) is 5.11 Å². The van der Waals surface area contributed by atoms with Crippen molar-refractivity contribution in [1.29, 1.82) is 0 Å². The first-order chi connectivity index (χ1) is 9.69. The van der Waals surface area contributed by atoms with Gasteiger partial charge in [0.15, 0.2) is 0 Å². The molecule has 1 fully saturated rings. The Kier molecular flexibility index (Phi) is 5.56. The molecule has 1 heterocycles. The molecule has 0 amide bonds. The molecule has 1 aliphatic heterocycles. The maximum atomic E-state index is 10.9. The molecule has 20 heavy (non-hydrogen) atoms. The molecule has 110 valence electrons. The van der Waals surface area contributed by atoms with E-state index in [1.54, 1.807) is 12.1 Å². The van der Waals surface area contributed by atoms with Crippen LogP contribution in [0.15, 0.2) is 24.3 Å². The molecule has 1 aromatic carbocycles. The van der Waals surface area contributed by atoms with Gasteiger partial charge in [-0.05, 0) is 56.6 Å². The van der Waals surface area contributed by atoms with Gasteiger partial charge in [-0.15, -0.1) is 0 Å². The van der Waals surface area contributed by atoms with Crippen LogP contribution in [0.1, 0.15) is 42.1 Å². The second kappa shape index (κ2) is 7.41. The maximum absolute atomic E-state index is 10.9. The zero-order valence-electron chi connectivity index (χ0n) is 12.1. The third-order valence-corrected chi connectivity index (χ3v) is 3.90. The van der Waals surface area contributed by atoms with Crippen molar-refractivity contribution in [3.8, 4) is 0 Å². The highest BCUT2D eigenvalue weighted by molar-refractivity contribution is 5.87. The van der Waals surface area contributed by atoms with Crippen LogP contribution in [0, 0.1) is 0 Å². The van der Waals surface area contributed by atoms with Gasteiger partial charge >= 0.3 is 5.97 Å². The SMILES string of the molecule is CCCN1CCC(NCc2cccc(C(=O)O)c2)CC1. The Balaban J connectivity index is 1.78. The van der Waals surface area contributed by atoms with Crippen molar-refractivity contribution < 1.29 is 9.90 Å². The second-order valence-electron chi connectivity index (χ2n) is 5.50. The van der Waals surface area contributed by atoms with Crippen molar-refractivity contribution in [2.45, 2.75) is 38.8 Å². The third kappa shape index (κ3) is 4.32. The van der Waals surface area contributed by atoms with Crippen molar-refractivity contribution in [3.63, 3.8) is 0 Å². The molecule has 0 spiro atoms. The quantitative estimate of drug-likeness (QED) is 0.837. The van der Waals surface area contributed by atoms with Crippen LogP contribution < -0.4 is 5.32 Å². The van der Waals surface area contributed by atoms with Gasteiger partial charge < -0.3 is 15.3 Å². The number of carbonyl (C=O) groups is 1. The van der Waals surface area contributed by atoms with Crippen LogP contribution >= 0.6 is 0 Å². The van der Waals surface area contributed by atoms with Gasteiger partial charge in [-0.2, -0.15) is 0 Å². The van der Waals surface area contributed by atoms with E-state index in [9.17, 15) is 4.79 Å². The summed E-state index contributed by atoms with van der Waals surface area (Å²) in [7, 11) is 0. The van der Waals surface area contributed by atoms with Gasteiger partial charge in [0.25, 0.3) is 0 Å². The molecule has 0 aromatic heterocycles. The topological polar surface area (TPSA) is 52.6 Å². The number of carboxylic acids is 1. The second-order valence-corrected chi connectivity index (χ2v) is 5.50. The van der Waals surface area contributed by atoms with E-state index in [0.717, 1.165) is 12.1 Å². The summed E-state index contributed by atoms with van der Waals surface area (Å²) in [5.41, 5.74) is 1.41. The Labute approximate surface area is 120 Å². The zero-order chi connectivity index (χ0) is 14.4. The minimum atomic E-state index is -0.861. The first-order valence-electron chi connectivity index (χ1n) is 7.47. The number of nitrogens with zero attached hydrogens (tertiary/aromatic N) is 1. The molecule has 0 bridgehead atoms. The molecular formula is C16H24N2O2. The Hall–Kier alpha value is -1.39. The molecule has 1 aromatic rings. The number of benzene rings is 1. The van der Waals surface area contributed by atoms with E-state index in [1.807, 2.05) is 12.1 Å². The summed E-state index contributed by atoms with van der Waals surface area (Å²) in [5, 5.41) is 12.5. The minimum absolute atomic E-state index is 0.363. The Morgan fingerprint density at radius 1 is 1.40 bits per heavy atom. The summed E-state index contributed by atoms with van der Waals surface area (Å²) in [6, 6.07) is 7.73. The fraction of sp³-hybridized carbons (Fsp3) is 0.562. The Morgan fingerprint density at radius 3 is 2.80 bits per heavy atom. The molecule has 2 rings (SSSR count). The standard InChI is InChI=1S/C16H24N2O2/c1-2-8-18-9-6-15(7-10-18)17-12-13-4-3-5-14(11-13)16(19)20/h3-5,11,15,17H,2,6-10,12H2,1H3,(H,19,20). The number of hydrogen-bond acceptors (Lipinski definition) is 3. The summed E-state index contributed by atoms with van der Waals surface area (Å²) in [5.74, 6) is -0.861. The lowest BCUT2D eigenvalue weighted by Crippen LogP contribution is -2.42. The summed E-state index contributed by atoms with van der Waals surface area (Å²) in [6.45, 7) is 6.51. The molecule has 0 unspecified atom stereocenters. The monoisotopic (exact) mass is 276 g/mol. The van der Waals surface area contributed by atoms with Gasteiger partial charge in [0.2, 0.25) is 0 Å². The maximum Gasteiger partial charge on any atom is 0.335 e. The summed E-state index contributed by atoms with van der Waals surface area (Å²) in [6.07, 6.45) is 3.58. The highest BCUT2D eigenvalue weighted by Gasteiger charge is 2.17. The number of carboxylic acid groups (broad SMARTS) is 1. The molecule has 0 atom stereocenters. The molecule has 0 radical (unpaired) electrons. The number of rotatable bonds is 6. The lowest BCUT2D eigenvalue weighted by molar-refractivity contribution is 0.0696. The van der Waals surface area contributed by atoms with E-state index in [0.29, 0.717) is 11.6 Å². The lowest BCUT2D eigenvalue weighted by Gasteiger charge is -2.32. The predicted molar refractivity (Wildman–Crippen MR) is 80.0 cm³/mol.